The van der Waals surface area contributed by atoms with Crippen LogP contribution in [0.2, 0.25) is 0 Å². The second-order valence-electron chi connectivity index (χ2n) is 4.78. The molecule has 0 bridgehead atoms. The maximum atomic E-state index is 12.0. The van der Waals surface area contributed by atoms with Gasteiger partial charge in [-0.25, -0.2) is 0 Å². The van der Waals surface area contributed by atoms with E-state index in [1.54, 1.807) is 6.20 Å². The molecule has 0 saturated heterocycles. The maximum absolute atomic E-state index is 12.0. The number of hydrogen-bond acceptors (Lipinski definition) is 3. The molecule has 0 saturated carbocycles. The summed E-state index contributed by atoms with van der Waals surface area (Å²) in [4.78, 5) is 16.2. The van der Waals surface area contributed by atoms with Gasteiger partial charge in [0.15, 0.2) is 0 Å². The van der Waals surface area contributed by atoms with Crippen LogP contribution in [-0.2, 0) is 17.8 Å². The third-order valence-electron chi connectivity index (χ3n) is 3.18. The highest BCUT2D eigenvalue weighted by Crippen LogP contribution is 2.04. The summed E-state index contributed by atoms with van der Waals surface area (Å²) >= 11 is 0. The molecule has 0 aliphatic rings. The molecule has 1 atom stereocenters. The van der Waals surface area contributed by atoms with Gasteiger partial charge < -0.3 is 11.1 Å². The van der Waals surface area contributed by atoms with Crippen LogP contribution < -0.4 is 11.1 Å². The summed E-state index contributed by atoms with van der Waals surface area (Å²) in [6, 6.07) is 13.1. The molecule has 0 spiro atoms. The summed E-state index contributed by atoms with van der Waals surface area (Å²) < 4.78 is 0. The topological polar surface area (TPSA) is 68.0 Å². The number of aromatic nitrogens is 1. The van der Waals surface area contributed by atoms with E-state index in [0.29, 0.717) is 13.0 Å². The van der Waals surface area contributed by atoms with Crippen molar-refractivity contribution in [2.24, 2.45) is 5.73 Å². The molecule has 0 aliphatic carbocycles. The zero-order valence-electron chi connectivity index (χ0n) is 12.4. The highest BCUT2D eigenvalue weighted by Gasteiger charge is 2.14. The normalized spacial score (nSPS) is 10.8. The molecule has 1 heterocycles. The Kier molecular flexibility index (Phi) is 9.42. The van der Waals surface area contributed by atoms with Crippen LogP contribution in [0.3, 0.4) is 0 Å². The maximum Gasteiger partial charge on any atom is 0.237 e. The number of nitrogens with two attached hydrogens (primary N) is 1. The van der Waals surface area contributed by atoms with Crippen LogP contribution in [0.25, 0.3) is 0 Å². The van der Waals surface area contributed by atoms with Gasteiger partial charge in [0.1, 0.15) is 0 Å². The first-order valence-corrected chi connectivity index (χ1v) is 6.64. The number of nitrogens with one attached hydrogen (secondary N) is 1. The number of carbonyl (C=O) groups is 1. The Morgan fingerprint density at radius 3 is 2.50 bits per heavy atom. The van der Waals surface area contributed by atoms with Crippen molar-refractivity contribution in [3.8, 4) is 0 Å². The standard InChI is InChI=1S/C16H19N3O.2ClH/c1-12-6-5-9-18-15(12)11-19-16(20)14(17)10-13-7-3-2-4-8-13;;/h2-9,14H,10-11,17H2,1H3,(H,19,20);2*1H. The Balaban J connectivity index is 0.00000220. The number of pyridine rings is 1. The van der Waals surface area contributed by atoms with Crippen molar-refractivity contribution in [1.29, 1.82) is 0 Å². The van der Waals surface area contributed by atoms with Gasteiger partial charge in [0.05, 0.1) is 18.3 Å². The molecule has 120 valence electrons. The fourth-order valence-electron chi connectivity index (χ4n) is 1.97. The first-order chi connectivity index (χ1) is 9.66. The van der Waals surface area contributed by atoms with Gasteiger partial charge in [-0.1, -0.05) is 36.4 Å². The summed E-state index contributed by atoms with van der Waals surface area (Å²) in [5.41, 5.74) is 8.91. The Bertz CT molecular complexity index is 579. The lowest BCUT2D eigenvalue weighted by molar-refractivity contribution is -0.122. The minimum Gasteiger partial charge on any atom is -0.349 e. The molecule has 1 aromatic heterocycles. The van der Waals surface area contributed by atoms with Crippen molar-refractivity contribution < 1.29 is 4.79 Å². The van der Waals surface area contributed by atoms with Gasteiger partial charge in [-0.15, -0.1) is 24.8 Å². The molecular formula is C16H21Cl2N3O. The van der Waals surface area contributed by atoms with Crippen molar-refractivity contribution >= 4 is 30.7 Å². The Hall–Kier alpha value is -1.62. The molecule has 1 unspecified atom stereocenters. The second kappa shape index (κ2) is 10.2. The predicted octanol–water partition coefficient (Wildman–Crippen LogP) is 2.42. The average Bonchev–Trinajstić information content (AvgIpc) is 2.47. The van der Waals surface area contributed by atoms with Crippen molar-refractivity contribution in [3.63, 3.8) is 0 Å². The summed E-state index contributed by atoms with van der Waals surface area (Å²) in [5.74, 6) is -0.154. The lowest BCUT2D eigenvalue weighted by atomic mass is 10.1. The van der Waals surface area contributed by atoms with Crippen molar-refractivity contribution in [3.05, 3.63) is 65.5 Å². The monoisotopic (exact) mass is 341 g/mol. The first kappa shape index (κ1) is 20.4. The molecule has 1 amide bonds. The summed E-state index contributed by atoms with van der Waals surface area (Å²) in [5, 5.41) is 2.83. The molecular weight excluding hydrogens is 321 g/mol. The lowest BCUT2D eigenvalue weighted by Gasteiger charge is -2.12. The van der Waals surface area contributed by atoms with E-state index < -0.39 is 6.04 Å². The summed E-state index contributed by atoms with van der Waals surface area (Å²) in [6.07, 6.45) is 2.26. The average molecular weight is 342 g/mol. The number of amides is 1. The number of hydrogen-bond donors (Lipinski definition) is 2. The summed E-state index contributed by atoms with van der Waals surface area (Å²) in [7, 11) is 0. The van der Waals surface area contributed by atoms with Crippen LogP contribution in [0.5, 0.6) is 0 Å². The van der Waals surface area contributed by atoms with Crippen molar-refractivity contribution in [2.45, 2.75) is 25.9 Å². The number of benzene rings is 1. The van der Waals surface area contributed by atoms with Gasteiger partial charge >= 0.3 is 0 Å². The highest BCUT2D eigenvalue weighted by molar-refractivity contribution is 5.85. The highest BCUT2D eigenvalue weighted by atomic mass is 35.5. The predicted molar refractivity (Wildman–Crippen MR) is 93.4 cm³/mol. The molecule has 22 heavy (non-hydrogen) atoms. The van der Waals surface area contributed by atoms with Crippen LogP contribution >= 0.6 is 24.8 Å². The van der Waals surface area contributed by atoms with Gasteiger partial charge in [0.25, 0.3) is 0 Å². The van der Waals surface area contributed by atoms with Crippen LogP contribution in [0.4, 0.5) is 0 Å². The van der Waals surface area contributed by atoms with Crippen LogP contribution in [0, 0.1) is 6.92 Å². The molecule has 0 radical (unpaired) electrons. The second-order valence-corrected chi connectivity index (χ2v) is 4.78. The van der Waals surface area contributed by atoms with E-state index in [0.717, 1.165) is 16.8 Å². The largest absolute Gasteiger partial charge is 0.349 e. The minimum atomic E-state index is -0.540. The number of nitrogens with zero attached hydrogens (tertiary/aromatic N) is 1. The zero-order chi connectivity index (χ0) is 14.4. The Morgan fingerprint density at radius 1 is 1.18 bits per heavy atom. The van der Waals surface area contributed by atoms with Gasteiger partial charge in [-0.3, -0.25) is 9.78 Å². The molecule has 4 nitrogen and oxygen atoms in total. The first-order valence-electron chi connectivity index (χ1n) is 6.64. The van der Waals surface area contributed by atoms with Gasteiger partial charge in [0.2, 0.25) is 5.91 Å². The Labute approximate surface area is 143 Å². The smallest absolute Gasteiger partial charge is 0.237 e. The number of rotatable bonds is 5. The summed E-state index contributed by atoms with van der Waals surface area (Å²) in [6.45, 7) is 2.38. The van der Waals surface area contributed by atoms with E-state index in [1.165, 1.54) is 0 Å². The quantitative estimate of drug-likeness (QED) is 0.877. The van der Waals surface area contributed by atoms with E-state index in [9.17, 15) is 4.79 Å². The van der Waals surface area contributed by atoms with Crippen LogP contribution in [0.15, 0.2) is 48.7 Å². The van der Waals surface area contributed by atoms with Gasteiger partial charge in [-0.05, 0) is 30.5 Å². The van der Waals surface area contributed by atoms with Crippen molar-refractivity contribution in [1.82, 2.24) is 10.3 Å². The third-order valence-corrected chi connectivity index (χ3v) is 3.18. The number of halogens is 2. The molecule has 1 aromatic carbocycles. The van der Waals surface area contributed by atoms with E-state index in [4.69, 9.17) is 5.73 Å². The van der Waals surface area contributed by atoms with Crippen LogP contribution in [-0.4, -0.2) is 16.9 Å². The SMILES string of the molecule is Cc1cccnc1CNC(=O)C(N)Cc1ccccc1.Cl.Cl. The zero-order valence-corrected chi connectivity index (χ0v) is 14.0. The molecule has 2 aromatic rings. The fourth-order valence-corrected chi connectivity index (χ4v) is 1.97. The number of aryl methyl sites for hydroxylation is 1. The molecule has 6 heteroatoms. The molecule has 2 rings (SSSR count). The lowest BCUT2D eigenvalue weighted by Crippen LogP contribution is -2.41. The third kappa shape index (κ3) is 6.02. The van der Waals surface area contributed by atoms with Crippen LogP contribution in [0.1, 0.15) is 16.8 Å². The molecule has 3 N–H and O–H groups in total. The van der Waals surface area contributed by atoms with E-state index in [1.807, 2.05) is 49.4 Å². The molecule has 0 fully saturated rings. The van der Waals surface area contributed by atoms with E-state index >= 15 is 0 Å². The van der Waals surface area contributed by atoms with Gasteiger partial charge in [-0.2, -0.15) is 0 Å². The van der Waals surface area contributed by atoms with E-state index in [-0.39, 0.29) is 30.7 Å². The fraction of sp³-hybridized carbons (Fsp3) is 0.250. The Morgan fingerprint density at radius 2 is 1.86 bits per heavy atom. The number of carbonyl (C=O) groups excluding carboxylic acids is 1. The van der Waals surface area contributed by atoms with Gasteiger partial charge in [0, 0.05) is 6.20 Å². The van der Waals surface area contributed by atoms with E-state index in [2.05, 4.69) is 10.3 Å². The molecule has 0 aliphatic heterocycles. The minimum absolute atomic E-state index is 0. The van der Waals surface area contributed by atoms with Crippen molar-refractivity contribution in [2.75, 3.05) is 0 Å².